The molecule has 4 heteroatoms. The van der Waals surface area contributed by atoms with Gasteiger partial charge >= 0.3 is 0 Å². The number of benzene rings is 9. The van der Waals surface area contributed by atoms with Crippen molar-refractivity contribution in [1.29, 1.82) is 0 Å². The van der Waals surface area contributed by atoms with E-state index in [9.17, 15) is 0 Å². The highest BCUT2D eigenvalue weighted by atomic mass is 15.2. The first-order valence-corrected chi connectivity index (χ1v) is 23.3. The smallest absolute Gasteiger partial charge is 0.0464 e. The Bertz CT molecular complexity index is 2790. The largest absolute Gasteiger partial charge is 0.310 e. The molecule has 0 amide bonds. The summed E-state index contributed by atoms with van der Waals surface area (Å²) < 4.78 is 0. The van der Waals surface area contributed by atoms with E-state index in [4.69, 9.17) is 0 Å². The Kier molecular flexibility index (Phi) is 12.6. The first-order valence-electron chi connectivity index (χ1n) is 23.3. The summed E-state index contributed by atoms with van der Waals surface area (Å²) in [6.07, 6.45) is 0. The quantitative estimate of drug-likeness (QED) is 0.121. The Morgan fingerprint density at radius 2 is 0.313 bits per heavy atom. The Morgan fingerprint density at radius 3 is 0.493 bits per heavy atom. The average Bonchev–Trinajstić information content (AvgIpc) is 3.33. The number of rotatable bonds is 12. The van der Waals surface area contributed by atoms with E-state index < -0.39 is 0 Å². The molecule has 9 aromatic carbocycles. The molecule has 0 aliphatic rings. The predicted molar refractivity (Wildman–Crippen MR) is 288 cm³/mol. The van der Waals surface area contributed by atoms with Crippen LogP contribution in [-0.2, 0) is 0 Å². The second kappa shape index (κ2) is 19.0. The van der Waals surface area contributed by atoms with Gasteiger partial charge in [0, 0.05) is 68.2 Å². The maximum atomic E-state index is 2.36. The standard InChI is InChI=1S/C63H60N4/c1-43-10-19-52(20-11-43)65(61-25-16-46(4)49(7)40-61)58-34-28-55(29-35-58)64(56-30-36-59(37-31-56)66(53-21-12-44(2)13-22-53)62-26-17-47(5)50(8)41-62)57-32-38-60(39-33-57)67(54-23-14-45(3)15-24-54)63-27-18-48(6)51(9)42-63/h10-42H,1-9H3. The van der Waals surface area contributed by atoms with Crippen LogP contribution in [0.25, 0.3) is 0 Å². The van der Waals surface area contributed by atoms with Gasteiger partial charge in [0.25, 0.3) is 0 Å². The fourth-order valence-corrected chi connectivity index (χ4v) is 8.72. The number of aryl methyl sites for hydroxylation is 9. The second-order valence-corrected chi connectivity index (χ2v) is 18.2. The van der Waals surface area contributed by atoms with Gasteiger partial charge in [-0.05, 0) is 241 Å². The highest BCUT2D eigenvalue weighted by Crippen LogP contribution is 2.43. The van der Waals surface area contributed by atoms with Gasteiger partial charge in [-0.3, -0.25) is 0 Å². The van der Waals surface area contributed by atoms with Gasteiger partial charge in [0.2, 0.25) is 0 Å². The lowest BCUT2D eigenvalue weighted by Crippen LogP contribution is -2.14. The topological polar surface area (TPSA) is 13.0 Å². The van der Waals surface area contributed by atoms with Crippen LogP contribution in [0.1, 0.15) is 50.1 Å². The second-order valence-electron chi connectivity index (χ2n) is 18.2. The molecule has 4 nitrogen and oxygen atoms in total. The molecule has 9 aromatic rings. The third kappa shape index (κ3) is 9.48. The predicted octanol–water partition coefficient (Wildman–Crippen LogP) is 18.3. The molecule has 0 saturated heterocycles. The summed E-state index contributed by atoms with van der Waals surface area (Å²) in [6, 6.07) is 73.6. The molecule has 0 bridgehead atoms. The van der Waals surface area contributed by atoms with Gasteiger partial charge in [-0.15, -0.1) is 0 Å². The van der Waals surface area contributed by atoms with Gasteiger partial charge in [-0.1, -0.05) is 71.3 Å². The van der Waals surface area contributed by atoms with Crippen LogP contribution in [0.2, 0.25) is 0 Å². The van der Waals surface area contributed by atoms with Crippen molar-refractivity contribution in [2.24, 2.45) is 0 Å². The minimum Gasteiger partial charge on any atom is -0.310 e. The molecule has 0 radical (unpaired) electrons. The van der Waals surface area contributed by atoms with E-state index in [0.29, 0.717) is 0 Å². The van der Waals surface area contributed by atoms with Crippen LogP contribution >= 0.6 is 0 Å². The lowest BCUT2D eigenvalue weighted by molar-refractivity contribution is 1.22. The number of anilines is 12. The first-order chi connectivity index (χ1) is 32.4. The van der Waals surface area contributed by atoms with Crippen molar-refractivity contribution in [3.8, 4) is 0 Å². The third-order valence-corrected chi connectivity index (χ3v) is 13.2. The van der Waals surface area contributed by atoms with E-state index in [0.717, 1.165) is 68.2 Å². The normalized spacial score (nSPS) is 11.1. The van der Waals surface area contributed by atoms with Crippen LogP contribution in [0.3, 0.4) is 0 Å². The summed E-state index contributed by atoms with van der Waals surface area (Å²) in [4.78, 5) is 9.41. The van der Waals surface area contributed by atoms with Crippen molar-refractivity contribution >= 4 is 68.2 Å². The zero-order valence-corrected chi connectivity index (χ0v) is 40.3. The van der Waals surface area contributed by atoms with Crippen molar-refractivity contribution in [3.63, 3.8) is 0 Å². The summed E-state index contributed by atoms with van der Waals surface area (Å²) >= 11 is 0. The summed E-state index contributed by atoms with van der Waals surface area (Å²) in [5, 5.41) is 0. The highest BCUT2D eigenvalue weighted by molar-refractivity contribution is 5.85. The molecular formula is C63H60N4. The Balaban J connectivity index is 1.15. The molecule has 0 fully saturated rings. The SMILES string of the molecule is Cc1ccc(N(c2ccc(N(c3ccc(N(c4ccc(C)cc4)c4ccc(C)c(C)c4)cc3)c3ccc(N(c4ccc(C)cc4)c4ccc(C)c(C)c4)cc3)cc2)c2ccc(C)c(C)c2)cc1. The van der Waals surface area contributed by atoms with Crippen LogP contribution in [0, 0.1) is 62.3 Å². The van der Waals surface area contributed by atoms with Crippen molar-refractivity contribution < 1.29 is 0 Å². The van der Waals surface area contributed by atoms with E-state index in [2.05, 4.69) is 282 Å². The third-order valence-electron chi connectivity index (χ3n) is 13.2. The molecule has 0 N–H and O–H groups in total. The van der Waals surface area contributed by atoms with E-state index >= 15 is 0 Å². The van der Waals surface area contributed by atoms with Crippen molar-refractivity contribution in [2.75, 3.05) is 19.6 Å². The van der Waals surface area contributed by atoms with Gasteiger partial charge in [0.05, 0.1) is 0 Å². The van der Waals surface area contributed by atoms with Crippen LogP contribution in [0.15, 0.2) is 200 Å². The number of hydrogen-bond donors (Lipinski definition) is 0. The van der Waals surface area contributed by atoms with E-state index in [1.165, 1.54) is 50.1 Å². The van der Waals surface area contributed by atoms with Gasteiger partial charge in [0.1, 0.15) is 0 Å². The Labute approximate surface area is 398 Å². The molecule has 9 rings (SSSR count). The molecule has 0 atom stereocenters. The number of hydrogen-bond acceptors (Lipinski definition) is 4. The maximum Gasteiger partial charge on any atom is 0.0464 e. The van der Waals surface area contributed by atoms with Gasteiger partial charge in [-0.25, -0.2) is 0 Å². The Hall–Kier alpha value is -7.82. The maximum absolute atomic E-state index is 2.36. The molecule has 0 heterocycles. The molecule has 0 spiro atoms. The summed E-state index contributed by atoms with van der Waals surface area (Å²) in [7, 11) is 0. The summed E-state index contributed by atoms with van der Waals surface area (Å²) in [6.45, 7) is 19.5. The monoisotopic (exact) mass is 872 g/mol. The summed E-state index contributed by atoms with van der Waals surface area (Å²) in [5.74, 6) is 0. The molecule has 0 saturated carbocycles. The van der Waals surface area contributed by atoms with Crippen molar-refractivity contribution in [1.82, 2.24) is 0 Å². The van der Waals surface area contributed by atoms with Crippen LogP contribution in [0.4, 0.5) is 68.2 Å². The van der Waals surface area contributed by atoms with Crippen molar-refractivity contribution in [2.45, 2.75) is 62.3 Å². The zero-order valence-electron chi connectivity index (χ0n) is 40.3. The fourth-order valence-electron chi connectivity index (χ4n) is 8.72. The molecule has 0 unspecified atom stereocenters. The molecule has 67 heavy (non-hydrogen) atoms. The van der Waals surface area contributed by atoms with Crippen LogP contribution in [-0.4, -0.2) is 0 Å². The molecule has 0 aliphatic heterocycles. The zero-order chi connectivity index (χ0) is 46.8. The number of nitrogens with zero attached hydrogens (tertiary/aromatic N) is 4. The minimum absolute atomic E-state index is 1.06. The highest BCUT2D eigenvalue weighted by Gasteiger charge is 2.20. The molecular weight excluding hydrogens is 813 g/mol. The Morgan fingerprint density at radius 1 is 0.164 bits per heavy atom. The fraction of sp³-hybridized carbons (Fsp3) is 0.143. The van der Waals surface area contributed by atoms with Gasteiger partial charge < -0.3 is 19.6 Å². The van der Waals surface area contributed by atoms with Gasteiger partial charge in [-0.2, -0.15) is 0 Å². The molecule has 0 aliphatic carbocycles. The van der Waals surface area contributed by atoms with Crippen LogP contribution < -0.4 is 19.6 Å². The van der Waals surface area contributed by atoms with E-state index in [1.807, 2.05) is 0 Å². The molecule has 0 aromatic heterocycles. The van der Waals surface area contributed by atoms with Crippen LogP contribution in [0.5, 0.6) is 0 Å². The molecule has 332 valence electrons. The lowest BCUT2D eigenvalue weighted by atomic mass is 10.1. The first kappa shape index (κ1) is 44.4. The van der Waals surface area contributed by atoms with Crippen molar-refractivity contribution in [3.05, 3.63) is 250 Å². The lowest BCUT2D eigenvalue weighted by Gasteiger charge is -2.30. The van der Waals surface area contributed by atoms with Gasteiger partial charge in [0.15, 0.2) is 0 Å². The van der Waals surface area contributed by atoms with E-state index in [-0.39, 0.29) is 0 Å². The van der Waals surface area contributed by atoms with E-state index in [1.54, 1.807) is 0 Å². The minimum atomic E-state index is 1.06. The average molecular weight is 873 g/mol. The summed E-state index contributed by atoms with van der Waals surface area (Å²) in [5.41, 5.74) is 24.5.